The Balaban J connectivity index is 2.39. The van der Waals surface area contributed by atoms with Gasteiger partial charge in [0.2, 0.25) is 0 Å². The zero-order valence-electron chi connectivity index (χ0n) is 11.4. The quantitative estimate of drug-likeness (QED) is 0.633. The van der Waals surface area contributed by atoms with Crippen LogP contribution in [-0.2, 0) is 0 Å². The summed E-state index contributed by atoms with van der Waals surface area (Å²) in [5, 5.41) is -0.0455. The highest BCUT2D eigenvalue weighted by Crippen LogP contribution is 2.31. The van der Waals surface area contributed by atoms with Crippen LogP contribution >= 0.6 is 23.2 Å². The van der Waals surface area contributed by atoms with Crippen LogP contribution in [0.4, 0.5) is 4.39 Å². The molecule has 0 aliphatic heterocycles. The lowest BCUT2D eigenvalue weighted by Crippen LogP contribution is -2.03. The lowest BCUT2D eigenvalue weighted by Gasteiger charge is -2.11. The largest absolute Gasteiger partial charge is 0.278 e. The number of aryl methyl sites for hydroxylation is 1. The summed E-state index contributed by atoms with van der Waals surface area (Å²) >= 11 is 12.4. The monoisotopic (exact) mass is 323 g/mol. The van der Waals surface area contributed by atoms with Crippen molar-refractivity contribution in [2.75, 3.05) is 0 Å². The van der Waals surface area contributed by atoms with E-state index in [4.69, 9.17) is 23.2 Å². The first-order valence-electron chi connectivity index (χ1n) is 6.42. The van der Waals surface area contributed by atoms with Crippen LogP contribution in [0.15, 0.2) is 30.5 Å². The van der Waals surface area contributed by atoms with Crippen LogP contribution in [0.2, 0.25) is 5.02 Å². The Morgan fingerprint density at radius 2 is 2.05 bits per heavy atom. The maximum atomic E-state index is 13.3. The highest BCUT2D eigenvalue weighted by atomic mass is 35.5. The van der Waals surface area contributed by atoms with Crippen LogP contribution in [0.1, 0.15) is 23.7 Å². The second-order valence-corrected chi connectivity index (χ2v) is 5.88. The third-order valence-electron chi connectivity index (χ3n) is 3.28. The van der Waals surface area contributed by atoms with Crippen molar-refractivity contribution in [3.63, 3.8) is 0 Å². The van der Waals surface area contributed by atoms with Crippen LogP contribution in [0, 0.1) is 12.7 Å². The topological polar surface area (TPSA) is 30.7 Å². The van der Waals surface area contributed by atoms with Crippen molar-refractivity contribution in [1.29, 1.82) is 0 Å². The molecule has 0 amide bonds. The number of hydrogen-bond acceptors (Lipinski definition) is 2. The molecule has 3 rings (SSSR count). The molecule has 108 valence electrons. The van der Waals surface area contributed by atoms with Crippen LogP contribution in [0.25, 0.3) is 16.9 Å². The summed E-state index contributed by atoms with van der Waals surface area (Å²) in [6.45, 7) is 3.78. The molecule has 6 heteroatoms. The van der Waals surface area contributed by atoms with Crippen LogP contribution in [0.5, 0.6) is 0 Å². The lowest BCUT2D eigenvalue weighted by molar-refractivity contribution is 0.627. The molecule has 0 spiro atoms. The molecular formula is C15H12Cl2FN3. The highest BCUT2D eigenvalue weighted by molar-refractivity contribution is 6.32. The second-order valence-electron chi connectivity index (χ2n) is 4.82. The highest BCUT2D eigenvalue weighted by Gasteiger charge is 2.20. The van der Waals surface area contributed by atoms with Gasteiger partial charge in [0.1, 0.15) is 17.2 Å². The molecule has 2 heterocycles. The molecule has 1 atom stereocenters. The van der Waals surface area contributed by atoms with Crippen molar-refractivity contribution >= 4 is 34.4 Å². The smallest absolute Gasteiger partial charge is 0.165 e. The summed E-state index contributed by atoms with van der Waals surface area (Å²) in [7, 11) is 0. The third-order valence-corrected chi connectivity index (χ3v) is 3.78. The van der Waals surface area contributed by atoms with E-state index in [2.05, 4.69) is 9.97 Å². The minimum atomic E-state index is -0.391. The third kappa shape index (κ3) is 2.39. The molecule has 0 aliphatic carbocycles. The van der Waals surface area contributed by atoms with Gasteiger partial charge in [0.05, 0.1) is 16.1 Å². The number of alkyl halides is 1. The summed E-state index contributed by atoms with van der Waals surface area (Å²) in [4.78, 5) is 8.94. The number of fused-ring (bicyclic) bond motifs is 1. The zero-order chi connectivity index (χ0) is 15.1. The Bertz CT molecular complexity index is 827. The molecule has 3 aromatic rings. The number of pyridine rings is 1. The average Bonchev–Trinajstić information content (AvgIpc) is 2.80. The Morgan fingerprint density at radius 3 is 2.71 bits per heavy atom. The molecule has 1 unspecified atom stereocenters. The molecule has 0 radical (unpaired) electrons. The van der Waals surface area contributed by atoms with E-state index in [0.29, 0.717) is 17.2 Å². The van der Waals surface area contributed by atoms with Gasteiger partial charge in [-0.25, -0.2) is 14.4 Å². The van der Waals surface area contributed by atoms with E-state index < -0.39 is 5.82 Å². The fourth-order valence-electron chi connectivity index (χ4n) is 2.28. The van der Waals surface area contributed by atoms with Gasteiger partial charge in [0.15, 0.2) is 5.65 Å². The first-order valence-corrected chi connectivity index (χ1v) is 7.24. The van der Waals surface area contributed by atoms with Crippen molar-refractivity contribution in [2.24, 2.45) is 0 Å². The molecule has 0 saturated carbocycles. The fraction of sp³-hybridized carbons (Fsp3) is 0.200. The van der Waals surface area contributed by atoms with E-state index in [9.17, 15) is 4.39 Å². The van der Waals surface area contributed by atoms with Gasteiger partial charge < -0.3 is 0 Å². The van der Waals surface area contributed by atoms with E-state index in [1.807, 2.05) is 19.9 Å². The molecule has 0 fully saturated rings. The minimum Gasteiger partial charge on any atom is -0.278 e. The van der Waals surface area contributed by atoms with Crippen molar-refractivity contribution < 1.29 is 4.39 Å². The van der Waals surface area contributed by atoms with Gasteiger partial charge in [-0.2, -0.15) is 0 Å². The summed E-state index contributed by atoms with van der Waals surface area (Å²) in [6, 6.07) is 6.10. The zero-order valence-corrected chi connectivity index (χ0v) is 13.0. The maximum Gasteiger partial charge on any atom is 0.165 e. The predicted molar refractivity (Wildman–Crippen MR) is 82.8 cm³/mol. The van der Waals surface area contributed by atoms with Crippen molar-refractivity contribution in [3.05, 3.63) is 52.7 Å². The molecule has 1 aromatic carbocycles. The van der Waals surface area contributed by atoms with Gasteiger partial charge in [-0.3, -0.25) is 4.57 Å². The Kier molecular flexibility index (Phi) is 3.59. The lowest BCUT2D eigenvalue weighted by atomic mass is 10.2. The molecular weight excluding hydrogens is 312 g/mol. The van der Waals surface area contributed by atoms with E-state index in [-0.39, 0.29) is 10.4 Å². The molecule has 0 N–H and O–H groups in total. The molecule has 3 nitrogen and oxygen atoms in total. The van der Waals surface area contributed by atoms with Crippen LogP contribution in [0.3, 0.4) is 0 Å². The van der Waals surface area contributed by atoms with E-state index in [1.165, 1.54) is 12.1 Å². The van der Waals surface area contributed by atoms with E-state index in [0.717, 1.165) is 11.1 Å². The van der Waals surface area contributed by atoms with Gasteiger partial charge in [-0.15, -0.1) is 11.6 Å². The number of nitrogens with zero attached hydrogens (tertiary/aromatic N) is 3. The van der Waals surface area contributed by atoms with E-state index >= 15 is 0 Å². The first-order chi connectivity index (χ1) is 9.99. The number of halogens is 3. The van der Waals surface area contributed by atoms with Gasteiger partial charge in [-0.1, -0.05) is 11.6 Å². The van der Waals surface area contributed by atoms with Crippen molar-refractivity contribution in [3.8, 4) is 5.69 Å². The normalized spacial score (nSPS) is 12.8. The molecule has 2 aromatic heterocycles. The Labute approximate surface area is 131 Å². The number of benzene rings is 1. The summed E-state index contributed by atoms with van der Waals surface area (Å²) in [5.41, 5.74) is 3.03. The molecule has 0 aliphatic rings. The standard InChI is InChI=1S/C15H12Cl2FN3/c1-8-5-6-19-15-13(8)20-14(9(2)16)21(15)12-4-3-10(18)7-11(12)17/h3-7,9H,1-2H3. The van der Waals surface area contributed by atoms with Crippen molar-refractivity contribution in [2.45, 2.75) is 19.2 Å². The Morgan fingerprint density at radius 1 is 1.29 bits per heavy atom. The minimum absolute atomic E-state index is 0.288. The molecule has 0 bridgehead atoms. The predicted octanol–water partition coefficient (Wildman–Crippen LogP) is 4.82. The number of hydrogen-bond donors (Lipinski definition) is 0. The van der Waals surface area contributed by atoms with Crippen molar-refractivity contribution in [1.82, 2.24) is 14.5 Å². The molecule has 21 heavy (non-hydrogen) atoms. The second kappa shape index (κ2) is 5.28. The Hall–Kier alpha value is -1.65. The van der Waals surface area contributed by atoms with Gasteiger partial charge in [0.25, 0.3) is 0 Å². The van der Waals surface area contributed by atoms with Crippen LogP contribution in [-0.4, -0.2) is 14.5 Å². The van der Waals surface area contributed by atoms with Gasteiger partial charge in [-0.05, 0) is 43.7 Å². The average molecular weight is 324 g/mol. The van der Waals surface area contributed by atoms with Gasteiger partial charge >= 0.3 is 0 Å². The number of imidazole rings is 1. The van der Waals surface area contributed by atoms with Crippen LogP contribution < -0.4 is 0 Å². The molecule has 0 saturated heterocycles. The SMILES string of the molecule is Cc1ccnc2c1nc(C(C)Cl)n2-c1ccc(F)cc1Cl. The number of aromatic nitrogens is 3. The van der Waals surface area contributed by atoms with E-state index in [1.54, 1.807) is 16.8 Å². The summed E-state index contributed by atoms with van der Waals surface area (Å²) < 4.78 is 15.1. The summed E-state index contributed by atoms with van der Waals surface area (Å²) in [5.74, 6) is 0.236. The maximum absolute atomic E-state index is 13.3. The summed E-state index contributed by atoms with van der Waals surface area (Å²) in [6.07, 6.45) is 1.70. The number of rotatable bonds is 2. The fourth-order valence-corrected chi connectivity index (χ4v) is 2.68. The first kappa shape index (κ1) is 14.3. The van der Waals surface area contributed by atoms with Gasteiger partial charge in [0, 0.05) is 6.20 Å².